The monoisotopic (exact) mass is 1700 g/mol. The molecule has 36 heteroatoms. The van der Waals surface area contributed by atoms with E-state index in [0.29, 0.717) is 0 Å². The van der Waals surface area contributed by atoms with Crippen LogP contribution in [0.1, 0.15) is 66.8 Å². The van der Waals surface area contributed by atoms with Gasteiger partial charge in [0, 0.05) is 0 Å². The first-order chi connectivity index (χ1) is 50.7. The van der Waals surface area contributed by atoms with Gasteiger partial charge >= 0.3 is 177 Å². The van der Waals surface area contributed by atoms with Crippen molar-refractivity contribution in [1.82, 2.24) is 0 Å². The molecule has 552 valence electrons. The minimum absolute atomic E-state index is 0. The smallest absolute Gasteiger partial charge is 0.872 e. The standard InChI is InChI=1S/C78H60O24S6.6Na/c79-73-55-25-49(43-1-13-67(14-2-43)103(85,86)87)26-56(73)38-58-28-51(45-5-17-69(18-6-45)105(91,92)93)30-60(75(58)81)40-62-32-53(47-9-21-71(22-10-47)107(97,98)99)34-64(77(62)83)42-66-36-54(48-11-23-72(24-12-48)108(100,101)102)35-65(78(66)84)41-63-33-52(46-7-19-70(20-8-46)106(94,95)96)31-61(76(63)82)39-59-29-50(27-57(37-55)74(59)80)44-3-15-68(16-4-44)104(88,89)90;;;;;;/h1-36,79-84H,37-42H2,(H,85,86,87)(H,88,89,90)(H,91,92,93)(H,94,95,96)(H,97,98,99)(H,100,101,102);;;;;;/q;6*+1/p-6. The van der Waals surface area contributed by atoms with Crippen LogP contribution in [0.4, 0.5) is 0 Å². The van der Waals surface area contributed by atoms with Crippen LogP contribution in [-0.2, 0) is 99.2 Å². The Morgan fingerprint density at radius 2 is 0.254 bits per heavy atom. The van der Waals surface area contributed by atoms with Crippen molar-refractivity contribution in [3.63, 3.8) is 0 Å². The Morgan fingerprint density at radius 3 is 0.333 bits per heavy atom. The van der Waals surface area contributed by atoms with Gasteiger partial charge in [0.2, 0.25) is 0 Å². The summed E-state index contributed by atoms with van der Waals surface area (Å²) in [7, 11) is -28.6. The van der Waals surface area contributed by atoms with Gasteiger partial charge in [-0.05, 0) is 178 Å². The molecule has 0 aromatic heterocycles. The molecule has 24 nitrogen and oxygen atoms in total. The molecule has 0 atom stereocenters. The van der Waals surface area contributed by atoms with Crippen molar-refractivity contribution in [3.8, 4) is 101 Å². The summed E-state index contributed by atoms with van der Waals surface area (Å²) in [4.78, 5) is -3.06. The maximum Gasteiger partial charge on any atom is 1.00 e. The summed E-state index contributed by atoms with van der Waals surface area (Å²) in [6, 6.07) is 45.6. The van der Waals surface area contributed by atoms with Crippen molar-refractivity contribution < 1.29 is 286 Å². The van der Waals surface area contributed by atoms with Crippen LogP contribution in [0.2, 0.25) is 0 Å². The van der Waals surface area contributed by atoms with Crippen LogP contribution in [-0.4, -0.2) is 77.8 Å². The predicted octanol–water partition coefficient (Wildman–Crippen LogP) is -8.51. The number of rotatable bonds is 12. The third-order valence-corrected chi connectivity index (χ3v) is 23.9. The zero-order chi connectivity index (χ0) is 77.5. The van der Waals surface area contributed by atoms with E-state index in [9.17, 15) is 77.8 Å². The first-order valence-corrected chi connectivity index (χ1v) is 40.8. The van der Waals surface area contributed by atoms with Gasteiger partial charge in [-0.15, -0.1) is 34.5 Å². The molecule has 12 bridgehead atoms. The van der Waals surface area contributed by atoms with Gasteiger partial charge in [-0.25, -0.2) is 0 Å². The number of benzene rings is 12. The van der Waals surface area contributed by atoms with Crippen molar-refractivity contribution in [3.05, 3.63) is 285 Å². The van der Waals surface area contributed by atoms with E-state index < -0.39 is 163 Å². The number of fused-ring (bicyclic) bond motifs is 12. The average Bonchev–Trinajstić information content (AvgIpc) is 0.774. The van der Waals surface area contributed by atoms with Crippen molar-refractivity contribution in [1.29, 1.82) is 0 Å². The molecule has 1 aliphatic rings. The van der Waals surface area contributed by atoms with E-state index in [1.54, 1.807) is 0 Å². The summed E-state index contributed by atoms with van der Waals surface area (Å²) in [5.74, 6) is -4.54. The van der Waals surface area contributed by atoms with Crippen LogP contribution >= 0.6 is 0 Å². The predicted molar refractivity (Wildman–Crippen MR) is 384 cm³/mol. The van der Waals surface area contributed by atoms with E-state index in [0.717, 1.165) is 72.8 Å². The van der Waals surface area contributed by atoms with E-state index in [1.807, 2.05) is 0 Å². The van der Waals surface area contributed by atoms with E-state index in [4.69, 9.17) is 0 Å². The summed E-state index contributed by atoms with van der Waals surface area (Å²) in [5.41, 5.74) is 1.09. The second-order valence-corrected chi connectivity index (χ2v) is 34.3. The molecule has 13 rings (SSSR count). The van der Waals surface area contributed by atoms with Crippen molar-refractivity contribution in [2.24, 2.45) is 0 Å². The second-order valence-electron chi connectivity index (χ2n) is 25.8. The molecule has 0 saturated heterocycles. The van der Waals surface area contributed by atoms with Crippen molar-refractivity contribution in [2.45, 2.75) is 67.9 Å². The Balaban J connectivity index is 0.00000300. The average molecular weight is 1710 g/mol. The fourth-order valence-electron chi connectivity index (χ4n) is 13.2. The topological polar surface area (TPSA) is 465 Å². The van der Waals surface area contributed by atoms with Gasteiger partial charge in [0.25, 0.3) is 60.7 Å². The van der Waals surface area contributed by atoms with Gasteiger partial charge in [-0.1, -0.05) is 212 Å². The molecule has 12 aromatic rings. The van der Waals surface area contributed by atoms with Crippen molar-refractivity contribution in [2.75, 3.05) is 0 Å². The molecular weight excluding hydrogens is 1650 g/mol. The summed E-state index contributed by atoms with van der Waals surface area (Å²) in [5, 5.41) is 93.5. The first-order valence-electron chi connectivity index (χ1n) is 32.1. The Hall–Kier alpha value is -5.10. The van der Waals surface area contributed by atoms with E-state index in [-0.39, 0.29) is 311 Å². The Kier molecular flexibility index (Phi) is 31.7. The molecule has 0 heterocycles. The normalized spacial score (nSPS) is 12.5. The molecule has 1 aliphatic carbocycles. The molecule has 0 aliphatic heterocycles. The summed E-state index contributed by atoms with van der Waals surface area (Å²) in [6.45, 7) is 0. The van der Waals surface area contributed by atoms with E-state index in [2.05, 4.69) is 0 Å². The van der Waals surface area contributed by atoms with Gasteiger partial charge < -0.3 is 30.6 Å². The largest absolute Gasteiger partial charge is 1.00 e. The zero-order valence-electron chi connectivity index (χ0n) is 61.5. The van der Waals surface area contributed by atoms with Crippen LogP contribution in [0.25, 0.3) is 66.8 Å². The van der Waals surface area contributed by atoms with E-state index >= 15 is 30.6 Å². The molecule has 0 saturated carbocycles. The van der Waals surface area contributed by atoms with Gasteiger partial charge in [0.15, 0.2) is 0 Å². The Morgan fingerprint density at radius 1 is 0.167 bits per heavy atom. The summed E-state index contributed by atoms with van der Waals surface area (Å²) >= 11 is 0. The fourth-order valence-corrected chi connectivity index (χ4v) is 16.1. The van der Waals surface area contributed by atoms with Crippen LogP contribution in [0, 0.1) is 0 Å². The molecule has 0 spiro atoms. The van der Waals surface area contributed by atoms with Crippen LogP contribution in [0.15, 0.2) is 248 Å². The maximum atomic E-state index is 15.6. The van der Waals surface area contributed by atoms with Crippen molar-refractivity contribution >= 4 is 60.7 Å². The molecule has 0 radical (unpaired) electrons. The molecular formula is C78H54Na6O24S6. The van der Waals surface area contributed by atoms with Crippen LogP contribution in [0.5, 0.6) is 34.5 Å². The third-order valence-electron chi connectivity index (χ3n) is 18.7. The van der Waals surface area contributed by atoms with Gasteiger partial charge in [0.05, 0.1) is 29.4 Å². The Bertz CT molecular complexity index is 5290. The number of hydrogen-bond donors (Lipinski definition) is 6. The number of hydrogen-bond acceptors (Lipinski definition) is 18. The molecule has 6 N–H and O–H groups in total. The summed E-state index contributed by atoms with van der Waals surface area (Å²) < 4.78 is 208. The summed E-state index contributed by atoms with van der Waals surface area (Å²) in [6.07, 6.45) is -3.31. The quantitative estimate of drug-likeness (QED) is 0.0489. The molecule has 0 fully saturated rings. The maximum absolute atomic E-state index is 15.6. The Labute approximate surface area is 789 Å². The third kappa shape index (κ3) is 21.7. The first kappa shape index (κ1) is 96.0. The van der Waals surface area contributed by atoms with E-state index in [1.165, 1.54) is 146 Å². The fraction of sp³-hybridized carbons (Fsp3) is 0.0769. The second kappa shape index (κ2) is 37.7. The van der Waals surface area contributed by atoms with Crippen LogP contribution < -0.4 is 208 Å². The van der Waals surface area contributed by atoms with Gasteiger partial charge in [0.1, 0.15) is 0 Å². The molecule has 12 aromatic carbocycles. The molecule has 0 amide bonds. The molecule has 114 heavy (non-hydrogen) atoms. The minimum atomic E-state index is -4.76. The molecule has 0 unspecified atom stereocenters. The van der Waals surface area contributed by atoms with Gasteiger partial charge in [-0.3, -0.25) is 27.3 Å². The zero-order valence-corrected chi connectivity index (χ0v) is 78.4. The van der Waals surface area contributed by atoms with Gasteiger partial charge in [-0.2, -0.15) is 50.5 Å². The minimum Gasteiger partial charge on any atom is -0.872 e. The van der Waals surface area contributed by atoms with Crippen LogP contribution in [0.3, 0.4) is 0 Å². The SMILES string of the molecule is O=S(=O)(O)c1ccc(-c2cc3c([O-])c(c2)Cc2cc(-c4ccc(S(=O)(=O)O)cc4)cc(c2[O-])Cc2cc(-c4ccc(S(=O)(=O)O)cc4)cc(c2[O-])Cc2cc(-c4ccc(S(=O)(=O)O)cc4)cc(c2[O-])Cc2cc(-c4ccc(S(=O)(=O)O)cc4)cc(c2[O-])Cc2cc(-c4ccc(S(=O)(=O)O)cc4)cc(c2[O-])C3)cc1.[Na+].[Na+].[Na+].[Na+].[Na+].[Na+].